The zero-order chi connectivity index (χ0) is 12.8. The molecular formula is C12H16N2O3S. The monoisotopic (exact) mass is 268 g/mol. The molecule has 2 aliphatic rings. The van der Waals surface area contributed by atoms with Crippen molar-refractivity contribution in [3.63, 3.8) is 0 Å². The van der Waals surface area contributed by atoms with Crippen molar-refractivity contribution in [3.8, 4) is 0 Å². The summed E-state index contributed by atoms with van der Waals surface area (Å²) < 4.78 is 11.5. The van der Waals surface area contributed by atoms with Crippen LogP contribution in [0, 0.1) is 0 Å². The maximum atomic E-state index is 11.6. The highest BCUT2D eigenvalue weighted by molar-refractivity contribution is 7.16. The number of nitrogens with two attached hydrogens (primary N) is 1. The van der Waals surface area contributed by atoms with Gasteiger partial charge in [0.15, 0.2) is 5.79 Å². The van der Waals surface area contributed by atoms with Crippen molar-refractivity contribution in [1.82, 2.24) is 0 Å². The van der Waals surface area contributed by atoms with Gasteiger partial charge in [-0.3, -0.25) is 4.79 Å². The van der Waals surface area contributed by atoms with Gasteiger partial charge in [-0.25, -0.2) is 0 Å². The van der Waals surface area contributed by atoms with Gasteiger partial charge in [0.1, 0.15) is 5.00 Å². The summed E-state index contributed by atoms with van der Waals surface area (Å²) in [5.74, 6) is -0.821. The molecule has 0 atom stereocenters. The predicted molar refractivity (Wildman–Crippen MR) is 69.0 cm³/mol. The molecule has 1 aromatic heterocycles. The molecule has 1 aliphatic heterocycles. The highest BCUT2D eigenvalue weighted by Gasteiger charge is 2.42. The van der Waals surface area contributed by atoms with Crippen LogP contribution in [0.2, 0.25) is 0 Å². The highest BCUT2D eigenvalue weighted by Crippen LogP contribution is 2.43. The van der Waals surface area contributed by atoms with E-state index in [4.69, 9.17) is 15.2 Å². The minimum absolute atomic E-state index is 0.360. The molecule has 1 fully saturated rings. The van der Waals surface area contributed by atoms with Crippen molar-refractivity contribution in [2.24, 2.45) is 5.73 Å². The Morgan fingerprint density at radius 1 is 1.44 bits per heavy atom. The van der Waals surface area contributed by atoms with Crippen LogP contribution in [-0.4, -0.2) is 32.0 Å². The molecule has 1 spiro atoms. The zero-order valence-electron chi connectivity index (χ0n) is 10.2. The Kier molecular flexibility index (Phi) is 2.80. The zero-order valence-corrected chi connectivity index (χ0v) is 11.1. The predicted octanol–water partition coefficient (Wildman–Crippen LogP) is 1.12. The Hall–Kier alpha value is -1.11. The number of ether oxygens (including phenoxy) is 2. The number of primary amides is 1. The van der Waals surface area contributed by atoms with E-state index >= 15 is 0 Å². The van der Waals surface area contributed by atoms with Crippen LogP contribution >= 0.6 is 11.3 Å². The Labute approximate surface area is 109 Å². The van der Waals surface area contributed by atoms with E-state index in [9.17, 15) is 4.79 Å². The molecule has 18 heavy (non-hydrogen) atoms. The first kappa shape index (κ1) is 12.0. The topological polar surface area (TPSA) is 73.6 Å². The van der Waals surface area contributed by atoms with Gasteiger partial charge < -0.3 is 20.5 Å². The molecule has 0 aromatic carbocycles. The summed E-state index contributed by atoms with van der Waals surface area (Å²) in [4.78, 5) is 12.7. The van der Waals surface area contributed by atoms with E-state index < -0.39 is 5.79 Å². The van der Waals surface area contributed by atoms with Crippen LogP contribution in [0.3, 0.4) is 0 Å². The van der Waals surface area contributed by atoms with Gasteiger partial charge in [-0.2, -0.15) is 0 Å². The van der Waals surface area contributed by atoms with Crippen LogP contribution in [-0.2, 0) is 22.3 Å². The van der Waals surface area contributed by atoms with Gasteiger partial charge >= 0.3 is 0 Å². The normalized spacial score (nSPS) is 20.9. The number of nitrogens with one attached hydrogen (secondary N) is 1. The first-order chi connectivity index (χ1) is 8.65. The first-order valence-corrected chi connectivity index (χ1v) is 6.87. The minimum atomic E-state index is -0.461. The van der Waals surface area contributed by atoms with Crippen molar-refractivity contribution in [1.29, 1.82) is 0 Å². The molecule has 2 heterocycles. The number of rotatable bonds is 2. The van der Waals surface area contributed by atoms with Gasteiger partial charge in [-0.05, 0) is 12.0 Å². The second kappa shape index (κ2) is 4.22. The highest BCUT2D eigenvalue weighted by atomic mass is 32.1. The first-order valence-electron chi connectivity index (χ1n) is 6.05. The summed E-state index contributed by atoms with van der Waals surface area (Å²) in [5, 5.41) is 3.90. The third-order valence-corrected chi connectivity index (χ3v) is 4.81. The lowest BCUT2D eigenvalue weighted by atomic mass is 9.90. The second-order valence-electron chi connectivity index (χ2n) is 4.61. The maximum absolute atomic E-state index is 11.6. The Balaban J connectivity index is 2.00. The Bertz CT molecular complexity index is 492. The Morgan fingerprint density at radius 2 is 2.17 bits per heavy atom. The summed E-state index contributed by atoms with van der Waals surface area (Å²) in [6.07, 6.45) is 2.29. The smallest absolute Gasteiger partial charge is 0.251 e. The van der Waals surface area contributed by atoms with E-state index in [1.165, 1.54) is 0 Å². The van der Waals surface area contributed by atoms with E-state index in [0.29, 0.717) is 18.8 Å². The van der Waals surface area contributed by atoms with E-state index in [1.54, 1.807) is 11.3 Å². The number of fused-ring (bicyclic) bond motifs is 1. The molecule has 0 radical (unpaired) electrons. The fraction of sp³-hybridized carbons (Fsp3) is 0.583. The van der Waals surface area contributed by atoms with E-state index in [-0.39, 0.29) is 5.91 Å². The minimum Gasteiger partial charge on any atom is -0.379 e. The molecule has 0 bridgehead atoms. The van der Waals surface area contributed by atoms with Crippen LogP contribution in [0.25, 0.3) is 0 Å². The van der Waals surface area contributed by atoms with Crippen molar-refractivity contribution < 1.29 is 14.3 Å². The SMILES string of the molecule is CNc1sc2c(c1C(N)=O)CCC1(C2)OCCO1. The summed E-state index contributed by atoms with van der Waals surface area (Å²) >= 11 is 1.58. The van der Waals surface area contributed by atoms with Gasteiger partial charge in [-0.15, -0.1) is 11.3 Å². The van der Waals surface area contributed by atoms with Crippen molar-refractivity contribution >= 4 is 22.2 Å². The summed E-state index contributed by atoms with van der Waals surface area (Å²) in [7, 11) is 1.81. The lowest BCUT2D eigenvalue weighted by Gasteiger charge is -2.31. The third-order valence-electron chi connectivity index (χ3n) is 3.56. The molecule has 0 unspecified atom stereocenters. The summed E-state index contributed by atoms with van der Waals surface area (Å²) in [5.41, 5.74) is 7.18. The number of amides is 1. The molecule has 1 aliphatic carbocycles. The molecule has 98 valence electrons. The van der Waals surface area contributed by atoms with Crippen molar-refractivity contribution in [2.75, 3.05) is 25.6 Å². The summed E-state index contributed by atoms with van der Waals surface area (Å²) in [6, 6.07) is 0. The molecule has 3 N–H and O–H groups in total. The van der Waals surface area contributed by atoms with Gasteiger partial charge in [0.25, 0.3) is 5.91 Å². The van der Waals surface area contributed by atoms with E-state index in [1.807, 2.05) is 7.05 Å². The van der Waals surface area contributed by atoms with Crippen molar-refractivity contribution in [2.45, 2.75) is 25.0 Å². The number of anilines is 1. The van der Waals surface area contributed by atoms with Crippen LogP contribution in [0.5, 0.6) is 0 Å². The van der Waals surface area contributed by atoms with E-state index in [2.05, 4.69) is 5.32 Å². The van der Waals surface area contributed by atoms with Gasteiger partial charge in [0.05, 0.1) is 18.8 Å². The third kappa shape index (κ3) is 1.72. The molecular weight excluding hydrogens is 252 g/mol. The van der Waals surface area contributed by atoms with Crippen molar-refractivity contribution in [3.05, 3.63) is 16.0 Å². The average molecular weight is 268 g/mol. The van der Waals surface area contributed by atoms with Gasteiger partial charge in [0.2, 0.25) is 0 Å². The quantitative estimate of drug-likeness (QED) is 0.843. The Morgan fingerprint density at radius 3 is 2.78 bits per heavy atom. The van der Waals surface area contributed by atoms with Crippen LogP contribution in [0.15, 0.2) is 0 Å². The molecule has 0 saturated carbocycles. The van der Waals surface area contributed by atoms with E-state index in [0.717, 1.165) is 34.7 Å². The maximum Gasteiger partial charge on any atom is 0.251 e. The molecule has 3 rings (SSSR count). The number of hydrogen-bond donors (Lipinski definition) is 2. The fourth-order valence-corrected chi connectivity index (χ4v) is 4.04. The molecule has 5 nitrogen and oxygen atoms in total. The lowest BCUT2D eigenvalue weighted by Crippen LogP contribution is -2.36. The van der Waals surface area contributed by atoms with Gasteiger partial charge in [0, 0.05) is 24.8 Å². The molecule has 1 saturated heterocycles. The number of carbonyl (C=O) groups excluding carboxylic acids is 1. The average Bonchev–Trinajstić information content (AvgIpc) is 2.93. The van der Waals surface area contributed by atoms with Crippen LogP contribution in [0.1, 0.15) is 27.2 Å². The molecule has 6 heteroatoms. The lowest BCUT2D eigenvalue weighted by molar-refractivity contribution is -0.163. The fourth-order valence-electron chi connectivity index (χ4n) is 2.75. The standard InChI is InChI=1S/C12H16N2O3S/c1-14-11-9(10(13)15)7-2-3-12(6-8(7)18-11)16-4-5-17-12/h14H,2-6H2,1H3,(H2,13,15). The van der Waals surface area contributed by atoms with Crippen LogP contribution in [0.4, 0.5) is 5.00 Å². The number of carbonyl (C=O) groups is 1. The van der Waals surface area contributed by atoms with Crippen LogP contribution < -0.4 is 11.1 Å². The second-order valence-corrected chi connectivity index (χ2v) is 5.71. The molecule has 1 amide bonds. The largest absolute Gasteiger partial charge is 0.379 e. The summed E-state index contributed by atoms with van der Waals surface area (Å²) in [6.45, 7) is 1.31. The number of hydrogen-bond acceptors (Lipinski definition) is 5. The molecule has 1 aromatic rings. The van der Waals surface area contributed by atoms with Gasteiger partial charge in [-0.1, -0.05) is 0 Å². The number of thiophene rings is 1.